The lowest BCUT2D eigenvalue weighted by molar-refractivity contribution is -0.126. The Labute approximate surface area is 149 Å². The van der Waals surface area contributed by atoms with Gasteiger partial charge in [0.05, 0.1) is 6.04 Å². The maximum Gasteiger partial charge on any atom is 0.326 e. The summed E-state index contributed by atoms with van der Waals surface area (Å²) in [5.74, 6) is 0.206. The maximum atomic E-state index is 12.3. The van der Waals surface area contributed by atoms with Crippen LogP contribution in [0.1, 0.15) is 44.7 Å². The zero-order valence-electron chi connectivity index (χ0n) is 15.2. The number of carbonyl (C=O) groups excluding carboxylic acids is 3. The largest absolute Gasteiger partial charge is 0.349 e. The van der Waals surface area contributed by atoms with Gasteiger partial charge < -0.3 is 10.2 Å². The molecule has 2 rings (SSSR count). The number of amides is 4. The van der Waals surface area contributed by atoms with Crippen molar-refractivity contribution < 1.29 is 14.4 Å². The Kier molecular flexibility index (Phi) is 6.56. The van der Waals surface area contributed by atoms with Crippen LogP contribution in [0.25, 0.3) is 0 Å². The first-order valence-electron chi connectivity index (χ1n) is 8.78. The van der Waals surface area contributed by atoms with Crippen LogP contribution < -0.4 is 5.32 Å². The van der Waals surface area contributed by atoms with Gasteiger partial charge in [0.15, 0.2) is 0 Å². The van der Waals surface area contributed by atoms with Crippen molar-refractivity contribution in [3.05, 3.63) is 35.9 Å². The lowest BCUT2D eigenvalue weighted by Gasteiger charge is -2.21. The zero-order valence-corrected chi connectivity index (χ0v) is 15.2. The summed E-state index contributed by atoms with van der Waals surface area (Å²) in [6.07, 6.45) is 1.63. The quantitative estimate of drug-likeness (QED) is 0.736. The second-order valence-electron chi connectivity index (χ2n) is 6.95. The van der Waals surface area contributed by atoms with Gasteiger partial charge in [-0.3, -0.25) is 14.5 Å². The zero-order chi connectivity index (χ0) is 18.4. The number of carbonyl (C=O) groups is 3. The first-order chi connectivity index (χ1) is 11.9. The van der Waals surface area contributed by atoms with Crippen LogP contribution in [0.2, 0.25) is 0 Å². The third-order valence-electron chi connectivity index (χ3n) is 4.26. The molecular weight excluding hydrogens is 318 g/mol. The smallest absolute Gasteiger partial charge is 0.326 e. The minimum Gasteiger partial charge on any atom is -0.349 e. The molecule has 0 spiro atoms. The van der Waals surface area contributed by atoms with E-state index in [1.807, 2.05) is 30.3 Å². The van der Waals surface area contributed by atoms with E-state index in [0.717, 1.165) is 12.0 Å². The predicted molar refractivity (Wildman–Crippen MR) is 95.8 cm³/mol. The number of benzene rings is 1. The maximum absolute atomic E-state index is 12.3. The van der Waals surface area contributed by atoms with Crippen molar-refractivity contribution in [2.45, 2.75) is 39.2 Å². The van der Waals surface area contributed by atoms with Gasteiger partial charge in [0, 0.05) is 20.0 Å². The predicted octanol–water partition coefficient (Wildman–Crippen LogP) is 2.56. The van der Waals surface area contributed by atoms with E-state index in [4.69, 9.17) is 0 Å². The van der Waals surface area contributed by atoms with E-state index in [-0.39, 0.29) is 37.0 Å². The van der Waals surface area contributed by atoms with E-state index in [1.54, 1.807) is 7.05 Å². The van der Waals surface area contributed by atoms with Crippen LogP contribution in [0, 0.1) is 5.92 Å². The number of hydrogen-bond donors (Lipinski definition) is 1. The first kappa shape index (κ1) is 19.0. The van der Waals surface area contributed by atoms with Crippen LogP contribution in [0.5, 0.6) is 0 Å². The summed E-state index contributed by atoms with van der Waals surface area (Å²) in [6.45, 7) is 4.66. The number of rotatable bonds is 8. The lowest BCUT2D eigenvalue weighted by atomic mass is 9.97. The third-order valence-corrected chi connectivity index (χ3v) is 4.26. The van der Waals surface area contributed by atoms with Gasteiger partial charge in [-0.25, -0.2) is 4.79 Å². The molecule has 1 heterocycles. The van der Waals surface area contributed by atoms with Crippen molar-refractivity contribution in [3.8, 4) is 0 Å². The van der Waals surface area contributed by atoms with Crippen LogP contribution in [0.15, 0.2) is 30.3 Å². The molecule has 0 aromatic heterocycles. The second kappa shape index (κ2) is 8.65. The Balaban J connectivity index is 1.85. The fourth-order valence-electron chi connectivity index (χ4n) is 2.99. The SMILES string of the molecule is CC(C)CC(NC(=O)CCCN1C(=O)CN(C)C1=O)c1ccccc1. The van der Waals surface area contributed by atoms with Crippen molar-refractivity contribution in [1.82, 2.24) is 15.1 Å². The highest BCUT2D eigenvalue weighted by molar-refractivity contribution is 6.01. The van der Waals surface area contributed by atoms with Crippen LogP contribution in [-0.2, 0) is 9.59 Å². The molecule has 25 heavy (non-hydrogen) atoms. The topological polar surface area (TPSA) is 69.7 Å². The van der Waals surface area contributed by atoms with E-state index in [2.05, 4.69) is 19.2 Å². The molecule has 1 unspecified atom stereocenters. The van der Waals surface area contributed by atoms with E-state index in [0.29, 0.717) is 18.8 Å². The minimum absolute atomic E-state index is 0.0186. The molecule has 136 valence electrons. The van der Waals surface area contributed by atoms with E-state index >= 15 is 0 Å². The average molecular weight is 345 g/mol. The van der Waals surface area contributed by atoms with Crippen molar-refractivity contribution in [3.63, 3.8) is 0 Å². The first-order valence-corrected chi connectivity index (χ1v) is 8.78. The van der Waals surface area contributed by atoms with Crippen molar-refractivity contribution in [1.29, 1.82) is 0 Å². The summed E-state index contributed by atoms with van der Waals surface area (Å²) < 4.78 is 0. The third kappa shape index (κ3) is 5.31. The lowest BCUT2D eigenvalue weighted by Crippen LogP contribution is -2.34. The molecule has 1 aliphatic heterocycles. The molecule has 0 aliphatic carbocycles. The van der Waals surface area contributed by atoms with E-state index in [9.17, 15) is 14.4 Å². The second-order valence-corrected chi connectivity index (χ2v) is 6.95. The minimum atomic E-state index is -0.285. The molecule has 0 saturated carbocycles. The summed E-state index contributed by atoms with van der Waals surface area (Å²) in [4.78, 5) is 38.4. The molecule has 6 nitrogen and oxygen atoms in total. The molecule has 1 N–H and O–H groups in total. The molecule has 0 bridgehead atoms. The normalized spacial score (nSPS) is 15.8. The molecule has 6 heteroatoms. The monoisotopic (exact) mass is 345 g/mol. The average Bonchev–Trinajstić information content (AvgIpc) is 2.81. The fourth-order valence-corrected chi connectivity index (χ4v) is 2.99. The highest BCUT2D eigenvalue weighted by Crippen LogP contribution is 2.21. The summed E-state index contributed by atoms with van der Waals surface area (Å²) in [7, 11) is 1.60. The van der Waals surface area contributed by atoms with Gasteiger partial charge in [-0.05, 0) is 24.3 Å². The highest BCUT2D eigenvalue weighted by Gasteiger charge is 2.32. The Hall–Kier alpha value is -2.37. The van der Waals surface area contributed by atoms with Crippen molar-refractivity contribution in [2.24, 2.45) is 5.92 Å². The molecule has 1 aromatic carbocycles. The van der Waals surface area contributed by atoms with Crippen LogP contribution in [0.3, 0.4) is 0 Å². The Morgan fingerprint density at radius 1 is 1.20 bits per heavy atom. The summed E-state index contributed by atoms with van der Waals surface area (Å²) >= 11 is 0. The number of likely N-dealkylation sites (N-methyl/N-ethyl adjacent to an activating group) is 1. The van der Waals surface area contributed by atoms with E-state index < -0.39 is 0 Å². The number of urea groups is 1. The number of hydrogen-bond acceptors (Lipinski definition) is 3. The summed E-state index contributed by atoms with van der Waals surface area (Å²) in [6, 6.07) is 9.63. The van der Waals surface area contributed by atoms with Crippen molar-refractivity contribution in [2.75, 3.05) is 20.1 Å². The summed E-state index contributed by atoms with van der Waals surface area (Å²) in [5.41, 5.74) is 1.09. The van der Waals surface area contributed by atoms with Crippen LogP contribution in [-0.4, -0.2) is 47.8 Å². The van der Waals surface area contributed by atoms with Gasteiger partial charge in [0.25, 0.3) is 0 Å². The Morgan fingerprint density at radius 2 is 1.88 bits per heavy atom. The number of nitrogens with one attached hydrogen (secondary N) is 1. The van der Waals surface area contributed by atoms with E-state index in [1.165, 1.54) is 9.80 Å². The molecule has 1 fully saturated rings. The molecule has 1 atom stereocenters. The van der Waals surface area contributed by atoms with Gasteiger partial charge in [0.2, 0.25) is 11.8 Å². The molecule has 1 aromatic rings. The summed E-state index contributed by atoms with van der Waals surface area (Å²) in [5, 5.41) is 3.08. The van der Waals surface area contributed by atoms with Gasteiger partial charge in [-0.2, -0.15) is 0 Å². The molecule has 4 amide bonds. The molecule has 0 radical (unpaired) electrons. The molecule has 1 saturated heterocycles. The van der Waals surface area contributed by atoms with Gasteiger partial charge in [0.1, 0.15) is 6.54 Å². The van der Waals surface area contributed by atoms with Gasteiger partial charge in [-0.15, -0.1) is 0 Å². The molecule has 1 aliphatic rings. The fraction of sp³-hybridized carbons (Fsp3) is 0.526. The van der Waals surface area contributed by atoms with Gasteiger partial charge in [-0.1, -0.05) is 44.2 Å². The Bertz CT molecular complexity index is 616. The standard InChI is InChI=1S/C19H27N3O3/c1-14(2)12-16(15-8-5-4-6-9-15)20-17(23)10-7-11-22-18(24)13-21(3)19(22)25/h4-6,8-9,14,16H,7,10-13H2,1-3H3,(H,20,23). The van der Waals surface area contributed by atoms with Gasteiger partial charge >= 0.3 is 6.03 Å². The van der Waals surface area contributed by atoms with Crippen LogP contribution in [0.4, 0.5) is 4.79 Å². The number of imide groups is 1. The number of nitrogens with zero attached hydrogens (tertiary/aromatic N) is 2. The molecular formula is C19H27N3O3. The highest BCUT2D eigenvalue weighted by atomic mass is 16.2. The Morgan fingerprint density at radius 3 is 2.44 bits per heavy atom. The van der Waals surface area contributed by atoms with Crippen LogP contribution >= 0.6 is 0 Å². The van der Waals surface area contributed by atoms with Crippen molar-refractivity contribution >= 4 is 17.8 Å².